The molecule has 0 amide bonds. The zero-order chi connectivity index (χ0) is 11.5. The van der Waals surface area contributed by atoms with Gasteiger partial charge in [-0.3, -0.25) is 4.90 Å². The Hall–Kier alpha value is -0.340. The monoisotopic (exact) mass is 234 g/mol. The first-order chi connectivity index (χ1) is 8.42. The summed E-state index contributed by atoms with van der Waals surface area (Å²) in [6.07, 6.45) is 15.9. The quantitative estimate of drug-likeness (QED) is 0.755. The van der Waals surface area contributed by atoms with Crippen molar-refractivity contribution in [2.45, 2.75) is 69.5 Å². The van der Waals surface area contributed by atoms with Crippen LogP contribution < -0.4 is 5.32 Å². The van der Waals surface area contributed by atoms with Gasteiger partial charge in [-0.15, -0.1) is 0 Å². The van der Waals surface area contributed by atoms with Crippen LogP contribution in [0.15, 0.2) is 12.2 Å². The van der Waals surface area contributed by atoms with Crippen LogP contribution in [0.25, 0.3) is 0 Å². The van der Waals surface area contributed by atoms with Crippen LogP contribution in [0.5, 0.6) is 0 Å². The highest BCUT2D eigenvalue weighted by Gasteiger charge is 2.34. The van der Waals surface area contributed by atoms with Gasteiger partial charge in [-0.05, 0) is 38.5 Å². The Morgan fingerprint density at radius 3 is 2.82 bits per heavy atom. The molecule has 0 aromatic carbocycles. The third kappa shape index (κ3) is 3.32. The van der Waals surface area contributed by atoms with Gasteiger partial charge in [-0.2, -0.15) is 0 Å². The number of nitrogens with one attached hydrogen (secondary N) is 1. The molecule has 2 aliphatic carbocycles. The van der Waals surface area contributed by atoms with Crippen LogP contribution in [-0.2, 0) is 0 Å². The first kappa shape index (κ1) is 11.7. The minimum absolute atomic E-state index is 0.652. The van der Waals surface area contributed by atoms with Crippen molar-refractivity contribution in [1.29, 1.82) is 0 Å². The molecule has 0 spiro atoms. The molecule has 2 unspecified atom stereocenters. The standard InChI is InChI=1S/C15H26N2/c1-2-4-6-13(7-5-3-1)16-14-10-11-17(12-14)15-8-9-15/h4,6,13-16H,1-3,5,7-12H2/b6-4+. The molecule has 17 heavy (non-hydrogen) atoms. The van der Waals surface area contributed by atoms with Gasteiger partial charge >= 0.3 is 0 Å². The number of rotatable bonds is 3. The van der Waals surface area contributed by atoms with Crippen molar-refractivity contribution in [2.24, 2.45) is 0 Å². The summed E-state index contributed by atoms with van der Waals surface area (Å²) in [6.45, 7) is 2.63. The smallest absolute Gasteiger partial charge is 0.0253 e. The topological polar surface area (TPSA) is 15.3 Å². The van der Waals surface area contributed by atoms with Crippen molar-refractivity contribution in [3.05, 3.63) is 12.2 Å². The lowest BCUT2D eigenvalue weighted by Crippen LogP contribution is -2.39. The van der Waals surface area contributed by atoms with Crippen molar-refractivity contribution < 1.29 is 0 Å². The highest BCUT2D eigenvalue weighted by Crippen LogP contribution is 2.30. The van der Waals surface area contributed by atoms with Gasteiger partial charge in [0.15, 0.2) is 0 Å². The normalized spacial score (nSPS) is 37.6. The molecule has 0 bridgehead atoms. The Kier molecular flexibility index (Phi) is 3.82. The second-order valence-electron chi connectivity index (χ2n) is 6.05. The highest BCUT2D eigenvalue weighted by atomic mass is 15.2. The van der Waals surface area contributed by atoms with Gasteiger partial charge in [-0.25, -0.2) is 0 Å². The summed E-state index contributed by atoms with van der Waals surface area (Å²) < 4.78 is 0. The number of likely N-dealkylation sites (tertiary alicyclic amines) is 1. The fourth-order valence-electron chi connectivity index (χ4n) is 3.30. The van der Waals surface area contributed by atoms with Gasteiger partial charge in [0.25, 0.3) is 0 Å². The number of hydrogen-bond acceptors (Lipinski definition) is 2. The third-order valence-electron chi connectivity index (χ3n) is 4.49. The average molecular weight is 234 g/mol. The first-order valence-electron chi connectivity index (χ1n) is 7.58. The largest absolute Gasteiger partial charge is 0.306 e. The molecule has 0 aromatic heterocycles. The van der Waals surface area contributed by atoms with Crippen molar-refractivity contribution in [1.82, 2.24) is 10.2 Å². The zero-order valence-corrected chi connectivity index (χ0v) is 10.9. The SMILES string of the molecule is C1=C/C(NC2CCN(C3CC3)C2)CCCCC/1. The molecule has 2 fully saturated rings. The maximum atomic E-state index is 3.87. The molecule has 0 aromatic rings. The second kappa shape index (κ2) is 5.53. The molecule has 1 N–H and O–H groups in total. The van der Waals surface area contributed by atoms with Crippen LogP contribution >= 0.6 is 0 Å². The molecule has 3 rings (SSSR count). The fourth-order valence-corrected chi connectivity index (χ4v) is 3.30. The fraction of sp³-hybridized carbons (Fsp3) is 0.867. The molecular formula is C15H26N2. The van der Waals surface area contributed by atoms with Crippen molar-refractivity contribution in [3.63, 3.8) is 0 Å². The van der Waals surface area contributed by atoms with E-state index >= 15 is 0 Å². The van der Waals surface area contributed by atoms with E-state index in [1.807, 2.05) is 0 Å². The average Bonchev–Trinajstić information content (AvgIpc) is 3.04. The van der Waals surface area contributed by atoms with Crippen LogP contribution in [0, 0.1) is 0 Å². The maximum absolute atomic E-state index is 3.87. The summed E-state index contributed by atoms with van der Waals surface area (Å²) in [7, 11) is 0. The third-order valence-corrected chi connectivity index (χ3v) is 4.49. The molecular weight excluding hydrogens is 208 g/mol. The van der Waals surface area contributed by atoms with Crippen LogP contribution in [0.2, 0.25) is 0 Å². The molecule has 1 heterocycles. The molecule has 2 nitrogen and oxygen atoms in total. The molecule has 2 atom stereocenters. The van der Waals surface area contributed by atoms with Crippen LogP contribution in [0.3, 0.4) is 0 Å². The number of hydrogen-bond donors (Lipinski definition) is 1. The number of allylic oxidation sites excluding steroid dienone is 1. The molecule has 0 radical (unpaired) electrons. The summed E-state index contributed by atoms with van der Waals surface area (Å²) in [5, 5.41) is 3.87. The summed E-state index contributed by atoms with van der Waals surface area (Å²) in [4.78, 5) is 2.70. The van der Waals surface area contributed by atoms with Gasteiger partial charge in [0, 0.05) is 31.2 Å². The number of nitrogens with zero attached hydrogens (tertiary/aromatic N) is 1. The van der Waals surface area contributed by atoms with E-state index in [0.717, 1.165) is 12.1 Å². The lowest BCUT2D eigenvalue weighted by atomic mass is 10.0. The summed E-state index contributed by atoms with van der Waals surface area (Å²) in [6, 6.07) is 2.36. The van der Waals surface area contributed by atoms with E-state index in [9.17, 15) is 0 Å². The molecule has 2 heteroatoms. The Morgan fingerprint density at radius 2 is 1.94 bits per heavy atom. The van der Waals surface area contributed by atoms with Crippen molar-refractivity contribution in [2.75, 3.05) is 13.1 Å². The van der Waals surface area contributed by atoms with Gasteiger partial charge in [0.05, 0.1) is 0 Å². The summed E-state index contributed by atoms with van der Waals surface area (Å²) >= 11 is 0. The first-order valence-corrected chi connectivity index (χ1v) is 7.58. The van der Waals surface area contributed by atoms with Crippen LogP contribution in [0.1, 0.15) is 51.4 Å². The van der Waals surface area contributed by atoms with E-state index in [0.29, 0.717) is 6.04 Å². The zero-order valence-electron chi connectivity index (χ0n) is 10.9. The van der Waals surface area contributed by atoms with E-state index in [1.165, 1.54) is 64.5 Å². The van der Waals surface area contributed by atoms with E-state index in [2.05, 4.69) is 22.4 Å². The predicted molar refractivity (Wildman–Crippen MR) is 72.1 cm³/mol. The van der Waals surface area contributed by atoms with Gasteiger partial charge in [0.2, 0.25) is 0 Å². The van der Waals surface area contributed by atoms with Crippen molar-refractivity contribution >= 4 is 0 Å². The lowest BCUT2D eigenvalue weighted by molar-refractivity contribution is 0.313. The van der Waals surface area contributed by atoms with E-state index in [1.54, 1.807) is 0 Å². The Bertz CT molecular complexity index is 270. The Morgan fingerprint density at radius 1 is 1.00 bits per heavy atom. The molecule has 3 aliphatic rings. The van der Waals surface area contributed by atoms with Gasteiger partial charge in [0.1, 0.15) is 0 Å². The summed E-state index contributed by atoms with van der Waals surface area (Å²) in [5.41, 5.74) is 0. The van der Waals surface area contributed by atoms with Gasteiger partial charge < -0.3 is 5.32 Å². The molecule has 96 valence electrons. The van der Waals surface area contributed by atoms with E-state index in [4.69, 9.17) is 0 Å². The van der Waals surface area contributed by atoms with Gasteiger partial charge in [-0.1, -0.05) is 25.0 Å². The molecule has 1 saturated heterocycles. The minimum atomic E-state index is 0.652. The molecule has 1 saturated carbocycles. The van der Waals surface area contributed by atoms with E-state index in [-0.39, 0.29) is 0 Å². The lowest BCUT2D eigenvalue weighted by Gasteiger charge is -2.22. The Labute approximate surface area is 105 Å². The highest BCUT2D eigenvalue weighted by molar-refractivity contribution is 4.98. The predicted octanol–water partition coefficient (Wildman–Crippen LogP) is 2.70. The van der Waals surface area contributed by atoms with Crippen LogP contribution in [-0.4, -0.2) is 36.1 Å². The second-order valence-corrected chi connectivity index (χ2v) is 6.05. The van der Waals surface area contributed by atoms with Crippen LogP contribution in [0.4, 0.5) is 0 Å². The minimum Gasteiger partial charge on any atom is -0.306 e. The summed E-state index contributed by atoms with van der Waals surface area (Å²) in [5.74, 6) is 0. The van der Waals surface area contributed by atoms with Crippen molar-refractivity contribution in [3.8, 4) is 0 Å². The Balaban J connectivity index is 1.46. The molecule has 1 aliphatic heterocycles. The maximum Gasteiger partial charge on any atom is 0.0253 e. The van der Waals surface area contributed by atoms with E-state index < -0.39 is 0 Å².